The summed E-state index contributed by atoms with van der Waals surface area (Å²) < 4.78 is 5.98. The molecule has 0 aliphatic carbocycles. The summed E-state index contributed by atoms with van der Waals surface area (Å²) >= 11 is 0. The average Bonchev–Trinajstić information content (AvgIpc) is 2.92. The van der Waals surface area contributed by atoms with E-state index in [-0.39, 0.29) is 0 Å². The Morgan fingerprint density at radius 2 is 1.00 bits per heavy atom. The van der Waals surface area contributed by atoms with E-state index in [0.717, 1.165) is 22.4 Å². The van der Waals surface area contributed by atoms with Crippen molar-refractivity contribution in [3.05, 3.63) is 144 Å². The average molecular weight is 459 g/mol. The Kier molecular flexibility index (Phi) is 7.98. The molecule has 0 fully saturated rings. The summed E-state index contributed by atoms with van der Waals surface area (Å²) in [6, 6.07) is 42.6. The van der Waals surface area contributed by atoms with Crippen molar-refractivity contribution in [2.45, 2.75) is 20.5 Å². The molecule has 2 nitrogen and oxygen atoms in total. The van der Waals surface area contributed by atoms with Crippen LogP contribution >= 0.6 is 0 Å². The molecule has 0 saturated carbocycles. The lowest BCUT2D eigenvalue weighted by Crippen LogP contribution is -1.97. The molecule has 0 radical (unpaired) electrons. The highest BCUT2D eigenvalue weighted by molar-refractivity contribution is 5.70. The number of phenolic OH excluding ortho intramolecular Hbond substituents is 1. The van der Waals surface area contributed by atoms with Gasteiger partial charge in [-0.3, -0.25) is 0 Å². The van der Waals surface area contributed by atoms with Crippen molar-refractivity contribution < 1.29 is 9.84 Å². The molecule has 5 aromatic rings. The van der Waals surface area contributed by atoms with Crippen molar-refractivity contribution in [1.29, 1.82) is 0 Å². The Hall–Kier alpha value is -4.30. The first-order chi connectivity index (χ1) is 17.1. The molecule has 174 valence electrons. The van der Waals surface area contributed by atoms with Crippen LogP contribution in [0, 0.1) is 13.8 Å². The van der Waals surface area contributed by atoms with Gasteiger partial charge in [-0.15, -0.1) is 0 Å². The van der Waals surface area contributed by atoms with Gasteiger partial charge in [0, 0.05) is 0 Å². The van der Waals surface area contributed by atoms with E-state index in [0.29, 0.717) is 12.4 Å². The Labute approximate surface area is 208 Å². The Morgan fingerprint density at radius 3 is 1.57 bits per heavy atom. The van der Waals surface area contributed by atoms with Crippen molar-refractivity contribution in [3.8, 4) is 33.8 Å². The Bertz CT molecular complexity index is 1340. The second kappa shape index (κ2) is 11.7. The van der Waals surface area contributed by atoms with Crippen LogP contribution in [0.3, 0.4) is 0 Å². The zero-order chi connectivity index (χ0) is 24.5. The largest absolute Gasteiger partial charge is 0.508 e. The van der Waals surface area contributed by atoms with Crippen molar-refractivity contribution in [2.75, 3.05) is 0 Å². The molecule has 2 heteroatoms. The normalized spacial score (nSPS) is 10.2. The predicted octanol–water partition coefficient (Wildman–Crippen LogP) is 8.61. The van der Waals surface area contributed by atoms with Gasteiger partial charge in [-0.05, 0) is 64.9 Å². The summed E-state index contributed by atoms with van der Waals surface area (Å²) in [5.74, 6) is 1.30. The maximum atomic E-state index is 9.56. The molecule has 0 amide bonds. The van der Waals surface area contributed by atoms with Gasteiger partial charge in [0.25, 0.3) is 0 Å². The first-order valence-electron chi connectivity index (χ1n) is 11.8. The van der Waals surface area contributed by atoms with Crippen LogP contribution in [0.15, 0.2) is 127 Å². The van der Waals surface area contributed by atoms with E-state index in [1.807, 2.05) is 79.7 Å². The number of hydrogen-bond acceptors (Lipinski definition) is 2. The van der Waals surface area contributed by atoms with Crippen LogP contribution in [-0.2, 0) is 6.61 Å². The van der Waals surface area contributed by atoms with Gasteiger partial charge in [0.1, 0.15) is 18.1 Å². The monoisotopic (exact) mass is 458 g/mol. The van der Waals surface area contributed by atoms with Crippen LogP contribution in [0.5, 0.6) is 11.5 Å². The second-order valence-electron chi connectivity index (χ2n) is 8.38. The number of rotatable bonds is 5. The molecule has 0 atom stereocenters. The van der Waals surface area contributed by atoms with Crippen molar-refractivity contribution in [1.82, 2.24) is 0 Å². The van der Waals surface area contributed by atoms with Gasteiger partial charge in [-0.2, -0.15) is 0 Å². The molecular formula is C33H30O2. The zero-order valence-corrected chi connectivity index (χ0v) is 20.2. The van der Waals surface area contributed by atoms with E-state index in [4.69, 9.17) is 4.74 Å². The third-order valence-electron chi connectivity index (χ3n) is 6.00. The highest BCUT2D eigenvalue weighted by Gasteiger charge is 2.07. The van der Waals surface area contributed by atoms with E-state index in [1.165, 1.54) is 22.3 Å². The summed E-state index contributed by atoms with van der Waals surface area (Å²) in [6.45, 7) is 4.64. The minimum Gasteiger partial charge on any atom is -0.508 e. The number of benzene rings is 5. The third kappa shape index (κ3) is 6.18. The lowest BCUT2D eigenvalue weighted by atomic mass is 10.00. The number of phenols is 1. The topological polar surface area (TPSA) is 29.5 Å². The maximum absolute atomic E-state index is 9.56. The minimum absolute atomic E-state index is 0.353. The first kappa shape index (κ1) is 23.8. The number of hydrogen-bond donors (Lipinski definition) is 1. The highest BCUT2D eigenvalue weighted by Crippen LogP contribution is 2.30. The summed E-state index contributed by atoms with van der Waals surface area (Å²) in [5.41, 5.74) is 7.97. The number of ether oxygens (including phenoxy) is 1. The lowest BCUT2D eigenvalue weighted by molar-refractivity contribution is 0.304. The maximum Gasteiger partial charge on any atom is 0.123 e. The Morgan fingerprint density at radius 1 is 0.514 bits per heavy atom. The van der Waals surface area contributed by atoms with Gasteiger partial charge in [-0.25, -0.2) is 0 Å². The summed E-state index contributed by atoms with van der Waals surface area (Å²) in [6.07, 6.45) is 0. The summed E-state index contributed by atoms with van der Waals surface area (Å²) in [5, 5.41) is 9.56. The fourth-order valence-electron chi connectivity index (χ4n) is 3.99. The first-order valence-corrected chi connectivity index (χ1v) is 11.8. The van der Waals surface area contributed by atoms with Crippen LogP contribution in [-0.4, -0.2) is 5.11 Å². The molecular weight excluding hydrogens is 428 g/mol. The van der Waals surface area contributed by atoms with Crippen LogP contribution < -0.4 is 4.74 Å². The fourth-order valence-corrected chi connectivity index (χ4v) is 3.99. The van der Waals surface area contributed by atoms with Crippen LogP contribution in [0.4, 0.5) is 0 Å². The second-order valence-corrected chi connectivity index (χ2v) is 8.38. The van der Waals surface area contributed by atoms with E-state index in [2.05, 4.69) is 55.5 Å². The van der Waals surface area contributed by atoms with Crippen LogP contribution in [0.1, 0.15) is 16.7 Å². The van der Waals surface area contributed by atoms with Crippen molar-refractivity contribution in [3.63, 3.8) is 0 Å². The molecule has 1 N–H and O–H groups in total. The van der Waals surface area contributed by atoms with E-state index in [9.17, 15) is 5.11 Å². The molecule has 0 aromatic heterocycles. The number of aromatic hydroxyl groups is 1. The molecule has 0 saturated heterocycles. The smallest absolute Gasteiger partial charge is 0.123 e. The zero-order valence-electron chi connectivity index (χ0n) is 20.2. The SMILES string of the molecule is Cc1c(O)cccc1-c1ccccc1.Cc1c(OCc2ccccc2)cccc1-c1ccccc1. The van der Waals surface area contributed by atoms with E-state index in [1.54, 1.807) is 6.07 Å². The Balaban J connectivity index is 0.000000179. The summed E-state index contributed by atoms with van der Waals surface area (Å²) in [7, 11) is 0. The minimum atomic E-state index is 0.353. The standard InChI is InChI=1S/C20H18O.C13H12O/c1-16-19(18-11-6-3-7-12-18)13-8-14-20(16)21-15-17-9-4-2-5-10-17;1-10-12(8-5-9-13(10)14)11-6-3-2-4-7-11/h2-14H,15H2,1H3;2-9,14H,1H3. The molecule has 5 aromatic carbocycles. The van der Waals surface area contributed by atoms with Gasteiger partial charge < -0.3 is 9.84 Å². The fraction of sp³-hybridized carbons (Fsp3) is 0.0909. The molecule has 0 spiro atoms. The molecule has 0 heterocycles. The third-order valence-corrected chi connectivity index (χ3v) is 6.00. The van der Waals surface area contributed by atoms with Gasteiger partial charge >= 0.3 is 0 Å². The lowest BCUT2D eigenvalue weighted by Gasteiger charge is -2.13. The van der Waals surface area contributed by atoms with Crippen LogP contribution in [0.2, 0.25) is 0 Å². The predicted molar refractivity (Wildman–Crippen MR) is 146 cm³/mol. The van der Waals surface area contributed by atoms with Gasteiger partial charge in [0.05, 0.1) is 0 Å². The highest BCUT2D eigenvalue weighted by atomic mass is 16.5. The molecule has 35 heavy (non-hydrogen) atoms. The molecule has 5 rings (SSSR count). The summed E-state index contributed by atoms with van der Waals surface area (Å²) in [4.78, 5) is 0. The van der Waals surface area contributed by atoms with Crippen LogP contribution in [0.25, 0.3) is 22.3 Å². The molecule has 0 unspecified atom stereocenters. The van der Waals surface area contributed by atoms with Crippen molar-refractivity contribution in [2.24, 2.45) is 0 Å². The van der Waals surface area contributed by atoms with E-state index >= 15 is 0 Å². The van der Waals surface area contributed by atoms with Gasteiger partial charge in [0.2, 0.25) is 0 Å². The van der Waals surface area contributed by atoms with E-state index < -0.39 is 0 Å². The molecule has 0 aliphatic heterocycles. The quantitative estimate of drug-likeness (QED) is 0.286. The molecule has 0 aliphatic rings. The molecule has 0 bridgehead atoms. The van der Waals surface area contributed by atoms with Crippen molar-refractivity contribution >= 4 is 0 Å². The van der Waals surface area contributed by atoms with Gasteiger partial charge in [-0.1, -0.05) is 115 Å². The van der Waals surface area contributed by atoms with Gasteiger partial charge in [0.15, 0.2) is 0 Å².